The summed E-state index contributed by atoms with van der Waals surface area (Å²) in [4.78, 5) is 28.3. The van der Waals surface area contributed by atoms with Crippen LogP contribution in [0.25, 0.3) is 0 Å². The minimum atomic E-state index is -0.335. The molecule has 134 valence electrons. The molecule has 0 unspecified atom stereocenters. The number of hydrogen-bond donors (Lipinski definition) is 1. The molecule has 3 aliphatic rings. The SMILES string of the molecule is O=C(Nc1ccc(N2CCCCC2)c(F)c1)[C@@H]1CC(=O)N(C2CC2)C1. The predicted molar refractivity (Wildman–Crippen MR) is 93.9 cm³/mol. The van der Waals surface area contributed by atoms with Crippen molar-refractivity contribution in [2.24, 2.45) is 5.92 Å². The molecule has 3 fully saturated rings. The Morgan fingerprint density at radius 1 is 1.16 bits per heavy atom. The van der Waals surface area contributed by atoms with E-state index in [-0.39, 0.29) is 30.0 Å². The van der Waals surface area contributed by atoms with Crippen LogP contribution >= 0.6 is 0 Å². The van der Waals surface area contributed by atoms with Gasteiger partial charge >= 0.3 is 0 Å². The largest absolute Gasteiger partial charge is 0.369 e. The van der Waals surface area contributed by atoms with Crippen molar-refractivity contribution in [2.75, 3.05) is 29.9 Å². The van der Waals surface area contributed by atoms with E-state index in [9.17, 15) is 14.0 Å². The molecule has 2 aliphatic heterocycles. The minimum absolute atomic E-state index is 0.0641. The second-order valence-electron chi connectivity index (χ2n) is 7.38. The highest BCUT2D eigenvalue weighted by Gasteiger charge is 2.41. The first kappa shape index (κ1) is 16.4. The van der Waals surface area contributed by atoms with Crippen LogP contribution < -0.4 is 10.2 Å². The van der Waals surface area contributed by atoms with E-state index in [0.717, 1.165) is 38.8 Å². The summed E-state index contributed by atoms with van der Waals surface area (Å²) in [5, 5.41) is 2.78. The summed E-state index contributed by atoms with van der Waals surface area (Å²) in [5.74, 6) is -0.768. The van der Waals surface area contributed by atoms with Crippen molar-refractivity contribution in [3.63, 3.8) is 0 Å². The molecule has 1 saturated carbocycles. The highest BCUT2D eigenvalue weighted by atomic mass is 19.1. The zero-order valence-corrected chi connectivity index (χ0v) is 14.3. The van der Waals surface area contributed by atoms with Crippen molar-refractivity contribution in [3.8, 4) is 0 Å². The first-order valence-electron chi connectivity index (χ1n) is 9.26. The normalized spacial score (nSPS) is 23.9. The third kappa shape index (κ3) is 3.48. The van der Waals surface area contributed by atoms with Gasteiger partial charge in [-0.25, -0.2) is 4.39 Å². The highest BCUT2D eigenvalue weighted by Crippen LogP contribution is 2.33. The molecule has 5 nitrogen and oxygen atoms in total. The fraction of sp³-hybridized carbons (Fsp3) is 0.579. The van der Waals surface area contributed by atoms with E-state index in [0.29, 0.717) is 24.0 Å². The molecule has 0 bridgehead atoms. The van der Waals surface area contributed by atoms with Crippen molar-refractivity contribution in [2.45, 2.75) is 44.6 Å². The van der Waals surface area contributed by atoms with Gasteiger partial charge in [0.25, 0.3) is 0 Å². The third-order valence-corrected chi connectivity index (χ3v) is 5.43. The van der Waals surface area contributed by atoms with Crippen molar-refractivity contribution in [1.29, 1.82) is 0 Å². The lowest BCUT2D eigenvalue weighted by molar-refractivity contribution is -0.128. The van der Waals surface area contributed by atoms with Crippen molar-refractivity contribution >= 4 is 23.2 Å². The molecule has 2 amide bonds. The number of piperidine rings is 1. The van der Waals surface area contributed by atoms with Gasteiger partial charge < -0.3 is 15.1 Å². The molecule has 0 aromatic heterocycles. The summed E-state index contributed by atoms with van der Waals surface area (Å²) in [6, 6.07) is 5.22. The average molecular weight is 345 g/mol. The molecular formula is C19H24FN3O2. The fourth-order valence-corrected chi connectivity index (χ4v) is 3.87. The Morgan fingerprint density at radius 2 is 1.92 bits per heavy atom. The first-order valence-corrected chi connectivity index (χ1v) is 9.26. The summed E-state index contributed by atoms with van der Waals surface area (Å²) in [6.45, 7) is 2.25. The van der Waals surface area contributed by atoms with Gasteiger partial charge in [-0.2, -0.15) is 0 Å². The number of nitrogens with zero attached hydrogens (tertiary/aromatic N) is 2. The van der Waals surface area contributed by atoms with E-state index >= 15 is 0 Å². The number of rotatable bonds is 4. The van der Waals surface area contributed by atoms with Crippen molar-refractivity contribution in [1.82, 2.24) is 4.90 Å². The van der Waals surface area contributed by atoms with Gasteiger partial charge in [-0.05, 0) is 50.3 Å². The molecule has 1 atom stereocenters. The minimum Gasteiger partial charge on any atom is -0.369 e. The zero-order chi connectivity index (χ0) is 17.4. The number of likely N-dealkylation sites (tertiary alicyclic amines) is 1. The lowest BCUT2D eigenvalue weighted by Gasteiger charge is -2.29. The standard InChI is InChI=1S/C19H24FN3O2/c20-16-11-14(4-7-17(16)22-8-2-1-3-9-22)21-19(25)13-10-18(24)23(12-13)15-5-6-15/h4,7,11,13,15H,1-3,5-6,8-10,12H2,(H,21,25)/t13-/m1/s1. The van der Waals surface area contributed by atoms with E-state index in [1.54, 1.807) is 12.1 Å². The number of halogens is 1. The monoisotopic (exact) mass is 345 g/mol. The smallest absolute Gasteiger partial charge is 0.229 e. The summed E-state index contributed by atoms with van der Waals surface area (Å²) >= 11 is 0. The number of amides is 2. The molecule has 0 spiro atoms. The highest BCUT2D eigenvalue weighted by molar-refractivity contribution is 5.97. The van der Waals surface area contributed by atoms with Gasteiger partial charge in [0, 0.05) is 37.8 Å². The molecule has 1 aliphatic carbocycles. The van der Waals surface area contributed by atoms with E-state index in [4.69, 9.17) is 0 Å². The zero-order valence-electron chi connectivity index (χ0n) is 14.3. The molecule has 0 radical (unpaired) electrons. The van der Waals surface area contributed by atoms with Crippen LogP contribution in [0, 0.1) is 11.7 Å². The summed E-state index contributed by atoms with van der Waals surface area (Å²) < 4.78 is 14.4. The van der Waals surface area contributed by atoms with E-state index in [1.807, 2.05) is 4.90 Å². The molecule has 1 N–H and O–H groups in total. The summed E-state index contributed by atoms with van der Waals surface area (Å²) in [6.07, 6.45) is 5.73. The topological polar surface area (TPSA) is 52.7 Å². The molecule has 2 saturated heterocycles. The average Bonchev–Trinajstić information content (AvgIpc) is 3.37. The second kappa shape index (κ2) is 6.65. The number of benzene rings is 1. The summed E-state index contributed by atoms with van der Waals surface area (Å²) in [5.41, 5.74) is 1.06. The molecular weight excluding hydrogens is 321 g/mol. The van der Waals surface area contributed by atoms with Crippen LogP contribution in [-0.4, -0.2) is 42.4 Å². The maximum absolute atomic E-state index is 14.4. The van der Waals surface area contributed by atoms with E-state index in [2.05, 4.69) is 10.2 Å². The Morgan fingerprint density at radius 3 is 2.60 bits per heavy atom. The lowest BCUT2D eigenvalue weighted by Crippen LogP contribution is -2.30. The van der Waals surface area contributed by atoms with Crippen LogP contribution in [-0.2, 0) is 9.59 Å². The van der Waals surface area contributed by atoms with Gasteiger partial charge in [-0.1, -0.05) is 0 Å². The van der Waals surface area contributed by atoms with Crippen LogP contribution in [0.15, 0.2) is 18.2 Å². The molecule has 6 heteroatoms. The van der Waals surface area contributed by atoms with Gasteiger partial charge in [-0.3, -0.25) is 9.59 Å². The second-order valence-corrected chi connectivity index (χ2v) is 7.38. The Balaban J connectivity index is 1.39. The van der Waals surface area contributed by atoms with Crippen molar-refractivity contribution < 1.29 is 14.0 Å². The molecule has 1 aromatic rings. The molecule has 2 heterocycles. The summed E-state index contributed by atoms with van der Waals surface area (Å²) in [7, 11) is 0. The van der Waals surface area contributed by atoms with Crippen LogP contribution in [0.5, 0.6) is 0 Å². The van der Waals surface area contributed by atoms with Gasteiger partial charge in [0.2, 0.25) is 11.8 Å². The fourth-order valence-electron chi connectivity index (χ4n) is 3.87. The number of hydrogen-bond acceptors (Lipinski definition) is 3. The van der Waals surface area contributed by atoms with Crippen molar-refractivity contribution in [3.05, 3.63) is 24.0 Å². The van der Waals surface area contributed by atoms with Crippen LogP contribution in [0.4, 0.5) is 15.8 Å². The van der Waals surface area contributed by atoms with Gasteiger partial charge in [0.15, 0.2) is 0 Å². The number of carbonyl (C=O) groups is 2. The molecule has 4 rings (SSSR count). The number of nitrogens with one attached hydrogen (secondary N) is 1. The predicted octanol–water partition coefficient (Wildman–Crippen LogP) is 2.77. The Hall–Kier alpha value is -2.11. The molecule has 25 heavy (non-hydrogen) atoms. The van der Waals surface area contributed by atoms with Gasteiger partial charge in [0.05, 0.1) is 11.6 Å². The Labute approximate surface area is 147 Å². The number of carbonyl (C=O) groups excluding carboxylic acids is 2. The molecule has 1 aromatic carbocycles. The number of anilines is 2. The lowest BCUT2D eigenvalue weighted by atomic mass is 10.1. The van der Waals surface area contributed by atoms with E-state index < -0.39 is 0 Å². The third-order valence-electron chi connectivity index (χ3n) is 5.43. The Kier molecular flexibility index (Phi) is 4.36. The van der Waals surface area contributed by atoms with E-state index in [1.165, 1.54) is 12.5 Å². The van der Waals surface area contributed by atoms with Crippen LogP contribution in [0.1, 0.15) is 38.5 Å². The Bertz CT molecular complexity index is 683. The van der Waals surface area contributed by atoms with Crippen LogP contribution in [0.2, 0.25) is 0 Å². The quantitative estimate of drug-likeness (QED) is 0.913. The maximum atomic E-state index is 14.4. The maximum Gasteiger partial charge on any atom is 0.229 e. The van der Waals surface area contributed by atoms with Gasteiger partial charge in [0.1, 0.15) is 5.82 Å². The first-order chi connectivity index (χ1) is 12.1. The van der Waals surface area contributed by atoms with Crippen LogP contribution in [0.3, 0.4) is 0 Å². The van der Waals surface area contributed by atoms with Gasteiger partial charge in [-0.15, -0.1) is 0 Å².